The van der Waals surface area contributed by atoms with Crippen LogP contribution in [0, 0.1) is 0 Å². The van der Waals surface area contributed by atoms with Crippen LogP contribution < -0.4 is 10.1 Å². The van der Waals surface area contributed by atoms with Gasteiger partial charge in [-0.05, 0) is 76.0 Å². The number of benzene rings is 1. The molecule has 0 amide bonds. The molecule has 3 rings (SSSR count). The van der Waals surface area contributed by atoms with Crippen LogP contribution in [-0.2, 0) is 15.9 Å². The second-order valence-electron chi connectivity index (χ2n) is 8.55. The molecule has 7 heteroatoms. The largest absolute Gasteiger partial charge is 0.497 e. The predicted molar refractivity (Wildman–Crippen MR) is 141 cm³/mol. The van der Waals surface area contributed by atoms with Gasteiger partial charge in [0, 0.05) is 32.8 Å². The third-order valence-corrected chi connectivity index (χ3v) is 6.16. The van der Waals surface area contributed by atoms with E-state index in [0.717, 1.165) is 89.6 Å². The zero-order valence-corrected chi connectivity index (χ0v) is 22.2. The molecule has 0 saturated carbocycles. The number of likely N-dealkylation sites (tertiary alicyclic amines) is 1. The summed E-state index contributed by atoms with van der Waals surface area (Å²) in [5.41, 5.74) is 1.36. The van der Waals surface area contributed by atoms with Crippen molar-refractivity contribution < 1.29 is 14.2 Å². The lowest BCUT2D eigenvalue weighted by molar-refractivity contribution is -0.0721. The quantitative estimate of drug-likeness (QED) is 0.196. The fourth-order valence-corrected chi connectivity index (χ4v) is 4.26. The minimum atomic E-state index is 0. The number of methoxy groups -OCH3 is 1. The maximum absolute atomic E-state index is 6.16. The molecule has 1 aromatic carbocycles. The Balaban J connectivity index is 0.00000363. The first-order valence-electron chi connectivity index (χ1n) is 12.2. The molecule has 2 fully saturated rings. The summed E-state index contributed by atoms with van der Waals surface area (Å²) < 4.78 is 17.2. The third kappa shape index (κ3) is 9.43. The molecule has 2 aliphatic rings. The summed E-state index contributed by atoms with van der Waals surface area (Å²) in [7, 11) is 1.71. The van der Waals surface area contributed by atoms with E-state index in [0.29, 0.717) is 12.2 Å². The van der Waals surface area contributed by atoms with Gasteiger partial charge in [-0.1, -0.05) is 12.1 Å². The van der Waals surface area contributed by atoms with E-state index in [1.807, 2.05) is 12.1 Å². The number of rotatable bonds is 10. The van der Waals surface area contributed by atoms with E-state index in [-0.39, 0.29) is 24.0 Å². The molecule has 2 aliphatic heterocycles. The molecular formula is C25H42IN3O3. The first-order valence-corrected chi connectivity index (χ1v) is 12.2. The summed E-state index contributed by atoms with van der Waals surface area (Å²) in [4.78, 5) is 7.28. The van der Waals surface area contributed by atoms with Gasteiger partial charge in [0.25, 0.3) is 0 Å². The van der Waals surface area contributed by atoms with E-state index in [1.54, 1.807) is 7.11 Å². The highest BCUT2D eigenvalue weighted by Gasteiger charge is 2.23. The molecule has 0 aromatic heterocycles. The van der Waals surface area contributed by atoms with Crippen LogP contribution in [0.4, 0.5) is 0 Å². The van der Waals surface area contributed by atoms with Crippen molar-refractivity contribution in [1.29, 1.82) is 0 Å². The number of hydrogen-bond donors (Lipinski definition) is 1. The van der Waals surface area contributed by atoms with Crippen molar-refractivity contribution in [3.8, 4) is 5.75 Å². The number of aliphatic imine (C=N–C) groups is 1. The Morgan fingerprint density at radius 2 is 1.91 bits per heavy atom. The van der Waals surface area contributed by atoms with Gasteiger partial charge in [0.2, 0.25) is 0 Å². The summed E-state index contributed by atoms with van der Waals surface area (Å²) in [5.74, 6) is 1.97. The number of nitrogens with zero attached hydrogens (tertiary/aromatic N) is 2. The lowest BCUT2D eigenvalue weighted by atomic mass is 10.1. The molecule has 0 spiro atoms. The molecule has 6 nitrogen and oxygen atoms in total. The van der Waals surface area contributed by atoms with Gasteiger partial charge in [-0.15, -0.1) is 24.0 Å². The molecular weight excluding hydrogens is 517 g/mol. The summed E-state index contributed by atoms with van der Waals surface area (Å²) in [6.07, 6.45) is 9.74. The molecule has 182 valence electrons. The van der Waals surface area contributed by atoms with Gasteiger partial charge in [0.05, 0.1) is 25.9 Å². The summed E-state index contributed by atoms with van der Waals surface area (Å²) in [5, 5.41) is 3.47. The van der Waals surface area contributed by atoms with Gasteiger partial charge in [-0.2, -0.15) is 0 Å². The van der Waals surface area contributed by atoms with Gasteiger partial charge in [-0.25, -0.2) is 0 Å². The van der Waals surface area contributed by atoms with Crippen molar-refractivity contribution in [2.75, 3.05) is 46.5 Å². The van der Waals surface area contributed by atoms with Gasteiger partial charge >= 0.3 is 0 Å². The standard InChI is InChI=1S/C25H41N3O3.HI/c1-3-26-25(27-16-6-4-8-21-10-12-22(29-2)13-11-21)28-17-14-23(15-18-28)31-20-24-9-5-7-19-30-24;/h10-13,23-24H,3-9,14-20H2,1-2H3,(H,26,27);1H. The fourth-order valence-electron chi connectivity index (χ4n) is 4.26. The van der Waals surface area contributed by atoms with E-state index in [1.165, 1.54) is 18.4 Å². The van der Waals surface area contributed by atoms with Crippen LogP contribution in [0.3, 0.4) is 0 Å². The van der Waals surface area contributed by atoms with Crippen LogP contribution in [0.5, 0.6) is 5.75 Å². The first-order chi connectivity index (χ1) is 15.3. The molecule has 1 N–H and O–H groups in total. The SMILES string of the molecule is CCNC(=NCCCCc1ccc(OC)cc1)N1CCC(OCC2CCCCO2)CC1.I. The Morgan fingerprint density at radius 3 is 2.56 bits per heavy atom. The Bertz CT molecular complexity index is 642. The maximum atomic E-state index is 6.16. The average molecular weight is 560 g/mol. The van der Waals surface area contributed by atoms with E-state index in [4.69, 9.17) is 19.2 Å². The lowest BCUT2D eigenvalue weighted by Gasteiger charge is -2.35. The first kappa shape index (κ1) is 27.2. The Kier molecular flexibility index (Phi) is 13.4. The minimum absolute atomic E-state index is 0. The topological polar surface area (TPSA) is 55.3 Å². The predicted octanol–water partition coefficient (Wildman–Crippen LogP) is 4.65. The summed E-state index contributed by atoms with van der Waals surface area (Å²) >= 11 is 0. The van der Waals surface area contributed by atoms with Crippen molar-refractivity contribution in [3.05, 3.63) is 29.8 Å². The zero-order valence-electron chi connectivity index (χ0n) is 19.9. The van der Waals surface area contributed by atoms with Crippen molar-refractivity contribution in [3.63, 3.8) is 0 Å². The minimum Gasteiger partial charge on any atom is -0.497 e. The molecule has 2 heterocycles. The second-order valence-corrected chi connectivity index (χ2v) is 8.55. The van der Waals surface area contributed by atoms with Gasteiger partial charge < -0.3 is 24.4 Å². The smallest absolute Gasteiger partial charge is 0.193 e. The van der Waals surface area contributed by atoms with Crippen LogP contribution in [0.2, 0.25) is 0 Å². The number of hydrogen-bond acceptors (Lipinski definition) is 4. The van der Waals surface area contributed by atoms with Crippen LogP contribution in [0.25, 0.3) is 0 Å². The van der Waals surface area contributed by atoms with E-state index in [9.17, 15) is 0 Å². The lowest BCUT2D eigenvalue weighted by Crippen LogP contribution is -2.47. The molecule has 32 heavy (non-hydrogen) atoms. The highest BCUT2D eigenvalue weighted by molar-refractivity contribution is 14.0. The van der Waals surface area contributed by atoms with Gasteiger partial charge in [-0.3, -0.25) is 4.99 Å². The highest BCUT2D eigenvalue weighted by Crippen LogP contribution is 2.18. The molecule has 1 unspecified atom stereocenters. The van der Waals surface area contributed by atoms with Crippen LogP contribution >= 0.6 is 24.0 Å². The molecule has 0 aliphatic carbocycles. The molecule has 0 bridgehead atoms. The molecule has 2 saturated heterocycles. The number of unbranched alkanes of at least 4 members (excludes halogenated alkanes) is 1. The van der Waals surface area contributed by atoms with E-state index in [2.05, 4.69) is 29.3 Å². The number of piperidine rings is 1. The van der Waals surface area contributed by atoms with Gasteiger partial charge in [0.1, 0.15) is 5.75 Å². The van der Waals surface area contributed by atoms with Crippen molar-refractivity contribution in [1.82, 2.24) is 10.2 Å². The average Bonchev–Trinajstić information content (AvgIpc) is 2.83. The number of halogens is 1. The van der Waals surface area contributed by atoms with Gasteiger partial charge in [0.15, 0.2) is 5.96 Å². The van der Waals surface area contributed by atoms with Crippen LogP contribution in [0.1, 0.15) is 57.4 Å². The molecule has 0 radical (unpaired) electrons. The number of guanidine groups is 1. The van der Waals surface area contributed by atoms with E-state index < -0.39 is 0 Å². The van der Waals surface area contributed by atoms with Crippen molar-refractivity contribution in [2.24, 2.45) is 4.99 Å². The number of ether oxygens (including phenoxy) is 3. The summed E-state index contributed by atoms with van der Waals surface area (Å²) in [6.45, 7) is 7.58. The number of nitrogens with one attached hydrogen (secondary N) is 1. The van der Waals surface area contributed by atoms with Crippen LogP contribution in [0.15, 0.2) is 29.3 Å². The Labute approximate surface area is 211 Å². The second kappa shape index (κ2) is 15.7. The maximum Gasteiger partial charge on any atom is 0.193 e. The normalized spacial score (nSPS) is 20.0. The zero-order chi connectivity index (χ0) is 21.7. The monoisotopic (exact) mass is 559 g/mol. The molecule has 1 aromatic rings. The van der Waals surface area contributed by atoms with E-state index >= 15 is 0 Å². The highest BCUT2D eigenvalue weighted by atomic mass is 127. The third-order valence-electron chi connectivity index (χ3n) is 6.16. The number of aryl methyl sites for hydroxylation is 1. The van der Waals surface area contributed by atoms with Crippen LogP contribution in [-0.4, -0.2) is 69.6 Å². The van der Waals surface area contributed by atoms with Crippen molar-refractivity contribution >= 4 is 29.9 Å². The Hall–Kier alpha value is -1.06. The summed E-state index contributed by atoms with van der Waals surface area (Å²) in [6, 6.07) is 8.37. The van der Waals surface area contributed by atoms with Crippen molar-refractivity contribution in [2.45, 2.75) is 70.5 Å². The Morgan fingerprint density at radius 1 is 1.12 bits per heavy atom. The fraction of sp³-hybridized carbons (Fsp3) is 0.720. The molecule has 1 atom stereocenters.